The quantitative estimate of drug-likeness (QED) is 0.629. The topological polar surface area (TPSA) is 77.1 Å². The Morgan fingerprint density at radius 3 is 2.83 bits per heavy atom. The average molecular weight is 318 g/mol. The van der Waals surface area contributed by atoms with E-state index in [9.17, 15) is 4.79 Å². The molecule has 118 valence electrons. The number of aryl methyl sites for hydroxylation is 1. The summed E-state index contributed by atoms with van der Waals surface area (Å²) >= 11 is 0. The smallest absolute Gasteiger partial charge is 0.277 e. The van der Waals surface area contributed by atoms with Gasteiger partial charge < -0.3 is 9.72 Å². The lowest BCUT2D eigenvalue weighted by Gasteiger charge is -2.04. The molecule has 3 aromatic heterocycles. The van der Waals surface area contributed by atoms with E-state index in [0.29, 0.717) is 5.69 Å². The van der Waals surface area contributed by atoms with Crippen LogP contribution in [0.25, 0.3) is 16.9 Å². The lowest BCUT2D eigenvalue weighted by molar-refractivity contribution is 0.102. The van der Waals surface area contributed by atoms with Crippen LogP contribution in [0.4, 0.5) is 5.69 Å². The Bertz CT molecular complexity index is 999. The third-order valence-electron chi connectivity index (χ3n) is 3.62. The number of carbonyl (C=O) groups excluding carboxylic acids is 1. The van der Waals surface area contributed by atoms with Gasteiger partial charge in [0.15, 0.2) is 5.69 Å². The molecule has 24 heavy (non-hydrogen) atoms. The second kappa shape index (κ2) is 5.62. The lowest BCUT2D eigenvalue weighted by atomic mass is 10.1. The van der Waals surface area contributed by atoms with E-state index in [1.54, 1.807) is 13.2 Å². The molecule has 1 aromatic carbocycles. The summed E-state index contributed by atoms with van der Waals surface area (Å²) in [6.45, 7) is 0. The van der Waals surface area contributed by atoms with Gasteiger partial charge in [-0.25, -0.2) is 4.98 Å². The molecule has 1 N–H and O–H groups in total. The van der Waals surface area contributed by atoms with Crippen LogP contribution in [0.2, 0.25) is 0 Å². The van der Waals surface area contributed by atoms with Gasteiger partial charge in [-0.1, -0.05) is 23.4 Å². The van der Waals surface area contributed by atoms with Crippen molar-refractivity contribution in [3.63, 3.8) is 0 Å². The first-order valence-corrected chi connectivity index (χ1v) is 7.41. The third kappa shape index (κ3) is 2.63. The van der Waals surface area contributed by atoms with Crippen molar-refractivity contribution in [2.24, 2.45) is 7.05 Å². The predicted octanol–water partition coefficient (Wildman–Crippen LogP) is 2.38. The summed E-state index contributed by atoms with van der Waals surface area (Å²) in [5, 5.41) is 10.4. The first-order chi connectivity index (χ1) is 11.7. The number of aromatic nitrogens is 5. The van der Waals surface area contributed by atoms with E-state index in [-0.39, 0.29) is 11.6 Å². The number of amides is 1. The summed E-state index contributed by atoms with van der Waals surface area (Å²) in [7, 11) is 1.72. The molecule has 4 rings (SSSR count). The van der Waals surface area contributed by atoms with E-state index in [4.69, 9.17) is 0 Å². The standard InChI is InChI=1S/C17H14N6O/c1-22-10-15(20-21-22)17(24)18-13-6-4-5-12(9-13)14-11-23-8-3-2-7-16(23)19-14/h2-11H,1H3,(H,18,24). The van der Waals surface area contributed by atoms with Crippen LogP contribution in [0.5, 0.6) is 0 Å². The Balaban J connectivity index is 1.62. The zero-order chi connectivity index (χ0) is 16.5. The van der Waals surface area contributed by atoms with Gasteiger partial charge in [-0.15, -0.1) is 5.10 Å². The van der Waals surface area contributed by atoms with E-state index < -0.39 is 0 Å². The molecule has 0 spiro atoms. The fourth-order valence-corrected chi connectivity index (χ4v) is 2.48. The zero-order valence-corrected chi connectivity index (χ0v) is 12.9. The molecule has 0 bridgehead atoms. The maximum Gasteiger partial charge on any atom is 0.277 e. The Kier molecular flexibility index (Phi) is 3.31. The molecule has 3 heterocycles. The van der Waals surface area contributed by atoms with E-state index in [1.165, 1.54) is 4.68 Å². The van der Waals surface area contributed by atoms with Gasteiger partial charge >= 0.3 is 0 Å². The van der Waals surface area contributed by atoms with Gasteiger partial charge in [0, 0.05) is 30.7 Å². The number of hydrogen-bond donors (Lipinski definition) is 1. The van der Waals surface area contributed by atoms with Crippen LogP contribution in [-0.2, 0) is 7.05 Å². The minimum absolute atomic E-state index is 0.274. The number of rotatable bonds is 3. The molecule has 7 heteroatoms. The molecule has 0 aliphatic heterocycles. The normalized spacial score (nSPS) is 10.9. The maximum atomic E-state index is 12.2. The van der Waals surface area contributed by atoms with Crippen molar-refractivity contribution in [2.45, 2.75) is 0 Å². The van der Waals surface area contributed by atoms with Gasteiger partial charge in [-0.2, -0.15) is 0 Å². The largest absolute Gasteiger partial charge is 0.321 e. The zero-order valence-electron chi connectivity index (χ0n) is 12.9. The molecule has 7 nitrogen and oxygen atoms in total. The number of nitrogens with zero attached hydrogens (tertiary/aromatic N) is 5. The molecule has 0 aliphatic rings. The highest BCUT2D eigenvalue weighted by atomic mass is 16.2. The van der Waals surface area contributed by atoms with E-state index in [2.05, 4.69) is 20.6 Å². The Morgan fingerprint density at radius 2 is 2.04 bits per heavy atom. The van der Waals surface area contributed by atoms with E-state index in [0.717, 1.165) is 16.9 Å². The second-order valence-electron chi connectivity index (χ2n) is 5.40. The molecule has 1 amide bonds. The van der Waals surface area contributed by atoms with Crippen LogP contribution < -0.4 is 5.32 Å². The van der Waals surface area contributed by atoms with Gasteiger partial charge in [-0.3, -0.25) is 9.48 Å². The first-order valence-electron chi connectivity index (χ1n) is 7.41. The molecular formula is C17H14N6O. The number of carbonyl (C=O) groups is 1. The summed E-state index contributed by atoms with van der Waals surface area (Å²) in [6, 6.07) is 13.4. The van der Waals surface area contributed by atoms with Crippen molar-refractivity contribution in [1.82, 2.24) is 24.4 Å². The van der Waals surface area contributed by atoms with Gasteiger partial charge in [0.25, 0.3) is 5.91 Å². The number of anilines is 1. The van der Waals surface area contributed by atoms with Gasteiger partial charge in [0.05, 0.1) is 11.9 Å². The van der Waals surface area contributed by atoms with Crippen molar-refractivity contribution in [1.29, 1.82) is 0 Å². The number of fused-ring (bicyclic) bond motifs is 1. The highest BCUT2D eigenvalue weighted by molar-refractivity contribution is 6.02. The minimum Gasteiger partial charge on any atom is -0.321 e. The second-order valence-corrected chi connectivity index (χ2v) is 5.40. The summed E-state index contributed by atoms with van der Waals surface area (Å²) < 4.78 is 3.45. The summed E-state index contributed by atoms with van der Waals surface area (Å²) in [5.41, 5.74) is 3.60. The van der Waals surface area contributed by atoms with E-state index in [1.807, 2.05) is 59.3 Å². The fourth-order valence-electron chi connectivity index (χ4n) is 2.48. The Hall–Kier alpha value is -3.48. The number of imidazole rings is 1. The average Bonchev–Trinajstić information content (AvgIpc) is 3.21. The summed E-state index contributed by atoms with van der Waals surface area (Å²) in [6.07, 6.45) is 5.48. The molecule has 4 aromatic rings. The molecular weight excluding hydrogens is 304 g/mol. The minimum atomic E-state index is -0.296. The number of pyridine rings is 1. The molecule has 0 saturated heterocycles. The first kappa shape index (κ1) is 14.1. The Morgan fingerprint density at radius 1 is 1.12 bits per heavy atom. The molecule has 0 unspecified atom stereocenters. The molecule has 0 saturated carbocycles. The van der Waals surface area contributed by atoms with Crippen molar-refractivity contribution in [2.75, 3.05) is 5.32 Å². The van der Waals surface area contributed by atoms with Crippen LogP contribution >= 0.6 is 0 Å². The van der Waals surface area contributed by atoms with Crippen molar-refractivity contribution in [3.05, 3.63) is 66.7 Å². The van der Waals surface area contributed by atoms with Crippen molar-refractivity contribution >= 4 is 17.2 Å². The van der Waals surface area contributed by atoms with Crippen molar-refractivity contribution < 1.29 is 4.79 Å². The highest BCUT2D eigenvalue weighted by Crippen LogP contribution is 2.22. The lowest BCUT2D eigenvalue weighted by Crippen LogP contribution is -2.12. The fraction of sp³-hybridized carbons (Fsp3) is 0.0588. The van der Waals surface area contributed by atoms with Gasteiger partial charge in [0.1, 0.15) is 5.65 Å². The summed E-state index contributed by atoms with van der Waals surface area (Å²) in [5.74, 6) is -0.296. The van der Waals surface area contributed by atoms with Crippen LogP contribution in [-0.4, -0.2) is 30.3 Å². The van der Waals surface area contributed by atoms with Crippen molar-refractivity contribution in [3.8, 4) is 11.3 Å². The van der Waals surface area contributed by atoms with Crippen LogP contribution in [0.1, 0.15) is 10.5 Å². The predicted molar refractivity (Wildman–Crippen MR) is 89.6 cm³/mol. The monoisotopic (exact) mass is 318 g/mol. The maximum absolute atomic E-state index is 12.2. The summed E-state index contributed by atoms with van der Waals surface area (Å²) in [4.78, 5) is 16.8. The number of benzene rings is 1. The molecule has 0 aliphatic carbocycles. The van der Waals surface area contributed by atoms with E-state index >= 15 is 0 Å². The molecule has 0 fully saturated rings. The van der Waals surface area contributed by atoms with Crippen LogP contribution in [0, 0.1) is 0 Å². The van der Waals surface area contributed by atoms with Gasteiger partial charge in [-0.05, 0) is 24.3 Å². The SMILES string of the molecule is Cn1cc(C(=O)Nc2cccc(-c3cn4ccccc4n3)c2)nn1. The molecule has 0 radical (unpaired) electrons. The van der Waals surface area contributed by atoms with Crippen LogP contribution in [0.3, 0.4) is 0 Å². The van der Waals surface area contributed by atoms with Gasteiger partial charge in [0.2, 0.25) is 0 Å². The number of hydrogen-bond acceptors (Lipinski definition) is 4. The Labute approximate surface area is 137 Å². The van der Waals surface area contributed by atoms with Crippen LogP contribution in [0.15, 0.2) is 61.1 Å². The molecule has 0 atom stereocenters. The third-order valence-corrected chi connectivity index (χ3v) is 3.62. The number of nitrogens with one attached hydrogen (secondary N) is 1. The highest BCUT2D eigenvalue weighted by Gasteiger charge is 2.11.